The molecule has 0 radical (unpaired) electrons. The van der Waals surface area contributed by atoms with E-state index in [9.17, 15) is 4.79 Å². The molecule has 1 N–H and O–H groups in total. The van der Waals surface area contributed by atoms with E-state index in [1.807, 2.05) is 36.4 Å². The lowest BCUT2D eigenvalue weighted by Gasteiger charge is -1.97. The molecule has 0 spiro atoms. The fraction of sp³-hybridized carbons (Fsp3) is 0.312. The van der Waals surface area contributed by atoms with Gasteiger partial charge in [-0.15, -0.1) is 0 Å². The Balaban J connectivity index is 0.000000327. The van der Waals surface area contributed by atoms with Crippen molar-refractivity contribution < 1.29 is 9.90 Å². The Hall–Kier alpha value is -1.83. The predicted molar refractivity (Wildman–Crippen MR) is 77.4 cm³/mol. The van der Waals surface area contributed by atoms with E-state index in [0.717, 1.165) is 6.42 Å². The van der Waals surface area contributed by atoms with E-state index in [-0.39, 0.29) is 0 Å². The summed E-state index contributed by atoms with van der Waals surface area (Å²) < 4.78 is 0. The fourth-order valence-corrected chi connectivity index (χ4v) is 1.09. The van der Waals surface area contributed by atoms with E-state index >= 15 is 0 Å². The molecule has 0 unspecified atom stereocenters. The summed E-state index contributed by atoms with van der Waals surface area (Å²) in [5.41, 5.74) is 1.61. The summed E-state index contributed by atoms with van der Waals surface area (Å²) >= 11 is 0. The molecule has 0 aliphatic carbocycles. The molecule has 0 bridgehead atoms. The van der Waals surface area contributed by atoms with E-state index in [2.05, 4.69) is 20.4 Å². The monoisotopic (exact) mass is 246 g/mol. The van der Waals surface area contributed by atoms with E-state index in [0.29, 0.717) is 11.5 Å². The molecule has 0 heterocycles. The first kappa shape index (κ1) is 16.2. The number of hydrogen-bond acceptors (Lipinski definition) is 1. The van der Waals surface area contributed by atoms with Crippen LogP contribution in [0.2, 0.25) is 0 Å². The average molecular weight is 246 g/mol. The van der Waals surface area contributed by atoms with Crippen molar-refractivity contribution in [2.45, 2.75) is 27.2 Å². The summed E-state index contributed by atoms with van der Waals surface area (Å²) in [5.74, 6) is -0.282. The van der Waals surface area contributed by atoms with Crippen molar-refractivity contribution in [1.82, 2.24) is 0 Å². The Morgan fingerprint density at radius 1 is 1.33 bits per heavy atom. The molecule has 0 amide bonds. The van der Waals surface area contributed by atoms with Gasteiger partial charge in [0.05, 0.1) is 0 Å². The van der Waals surface area contributed by atoms with Crippen LogP contribution in [0, 0.1) is 5.92 Å². The molecule has 2 heteroatoms. The van der Waals surface area contributed by atoms with Gasteiger partial charge in [-0.1, -0.05) is 62.9 Å². The van der Waals surface area contributed by atoms with Crippen LogP contribution in [-0.2, 0) is 4.79 Å². The lowest BCUT2D eigenvalue weighted by molar-refractivity contribution is -0.132. The third-order valence-electron chi connectivity index (χ3n) is 2.27. The molecule has 0 saturated heterocycles. The van der Waals surface area contributed by atoms with Gasteiger partial charge in [0.25, 0.3) is 0 Å². The Morgan fingerprint density at radius 3 is 2.22 bits per heavy atom. The van der Waals surface area contributed by atoms with Crippen molar-refractivity contribution in [3.63, 3.8) is 0 Å². The highest BCUT2D eigenvalue weighted by Gasteiger charge is 1.98. The van der Waals surface area contributed by atoms with Crippen LogP contribution >= 0.6 is 0 Å². The Bertz CT molecular complexity index is 389. The number of rotatable bonds is 4. The van der Waals surface area contributed by atoms with E-state index < -0.39 is 5.97 Å². The van der Waals surface area contributed by atoms with Gasteiger partial charge in [0.2, 0.25) is 0 Å². The van der Waals surface area contributed by atoms with Crippen LogP contribution < -0.4 is 0 Å². The summed E-state index contributed by atoms with van der Waals surface area (Å²) in [5, 5.41) is 8.43. The summed E-state index contributed by atoms with van der Waals surface area (Å²) in [6.45, 7) is 9.37. The highest BCUT2D eigenvalue weighted by atomic mass is 16.4. The summed E-state index contributed by atoms with van der Waals surface area (Å²) in [6.07, 6.45) is 4.44. The van der Waals surface area contributed by atoms with Crippen LogP contribution in [0.4, 0.5) is 0 Å². The molecule has 98 valence electrons. The fourth-order valence-electron chi connectivity index (χ4n) is 1.09. The normalized spacial score (nSPS) is 10.6. The van der Waals surface area contributed by atoms with Crippen LogP contribution in [0.5, 0.6) is 0 Å². The van der Waals surface area contributed by atoms with Crippen LogP contribution in [0.1, 0.15) is 32.8 Å². The zero-order valence-corrected chi connectivity index (χ0v) is 11.4. The third-order valence-corrected chi connectivity index (χ3v) is 2.27. The van der Waals surface area contributed by atoms with Gasteiger partial charge in [-0.25, -0.2) is 4.79 Å². The number of allylic oxidation sites excluding steroid dienone is 1. The molecule has 2 nitrogen and oxygen atoms in total. The van der Waals surface area contributed by atoms with Gasteiger partial charge in [0, 0.05) is 5.57 Å². The molecule has 0 aliphatic rings. The minimum atomic E-state index is -0.819. The maximum absolute atomic E-state index is 10.2. The van der Waals surface area contributed by atoms with Crippen molar-refractivity contribution in [3.05, 3.63) is 54.1 Å². The molecule has 0 atom stereocenters. The molecular weight excluding hydrogens is 224 g/mol. The number of benzene rings is 1. The summed E-state index contributed by atoms with van der Waals surface area (Å²) in [4.78, 5) is 10.2. The zero-order chi connectivity index (χ0) is 14.0. The van der Waals surface area contributed by atoms with Crippen molar-refractivity contribution in [2.75, 3.05) is 0 Å². The van der Waals surface area contributed by atoms with Crippen molar-refractivity contribution in [2.24, 2.45) is 5.92 Å². The second kappa shape index (κ2) is 9.23. The van der Waals surface area contributed by atoms with Crippen LogP contribution in [-0.4, -0.2) is 11.1 Å². The van der Waals surface area contributed by atoms with Gasteiger partial charge < -0.3 is 5.11 Å². The van der Waals surface area contributed by atoms with Gasteiger partial charge in [0.1, 0.15) is 0 Å². The minimum Gasteiger partial charge on any atom is -0.478 e. The van der Waals surface area contributed by atoms with Gasteiger partial charge in [-0.05, 0) is 24.8 Å². The van der Waals surface area contributed by atoms with Gasteiger partial charge in [-0.3, -0.25) is 0 Å². The lowest BCUT2D eigenvalue weighted by atomic mass is 10.1. The van der Waals surface area contributed by atoms with Crippen molar-refractivity contribution in [3.8, 4) is 0 Å². The Labute approximate surface area is 110 Å². The molecule has 1 aromatic carbocycles. The lowest BCUT2D eigenvalue weighted by Crippen LogP contribution is -1.96. The van der Waals surface area contributed by atoms with E-state index in [4.69, 9.17) is 5.11 Å². The maximum atomic E-state index is 10.2. The predicted octanol–water partition coefficient (Wildman–Crippen LogP) is 4.39. The first-order valence-electron chi connectivity index (χ1n) is 6.05. The Kier molecular flexibility index (Phi) is 8.29. The van der Waals surface area contributed by atoms with Gasteiger partial charge in [0.15, 0.2) is 0 Å². The van der Waals surface area contributed by atoms with Gasteiger partial charge in [-0.2, -0.15) is 0 Å². The maximum Gasteiger partial charge on any atom is 0.330 e. The molecule has 0 aliphatic heterocycles. The standard InChI is InChI=1S/C8H14O2.C8H8/c1-6(2)4-5-7(3)8(9)10;1-2-8-6-4-3-5-7-8/h5-6H,4H2,1-3H3,(H,9,10);2-7H,1H2/b7-5+;. The van der Waals surface area contributed by atoms with Crippen LogP contribution in [0.15, 0.2) is 48.6 Å². The highest BCUT2D eigenvalue weighted by molar-refractivity contribution is 5.85. The molecule has 0 aromatic heterocycles. The van der Waals surface area contributed by atoms with Crippen molar-refractivity contribution in [1.29, 1.82) is 0 Å². The quantitative estimate of drug-likeness (QED) is 0.800. The summed E-state index contributed by atoms with van der Waals surface area (Å²) in [7, 11) is 0. The largest absolute Gasteiger partial charge is 0.478 e. The molecule has 18 heavy (non-hydrogen) atoms. The number of carboxylic acids is 1. The second-order valence-corrected chi connectivity index (χ2v) is 4.44. The van der Waals surface area contributed by atoms with Crippen LogP contribution in [0.3, 0.4) is 0 Å². The molecule has 0 fully saturated rings. The molecule has 1 rings (SSSR count). The van der Waals surface area contributed by atoms with E-state index in [1.54, 1.807) is 13.0 Å². The molecule has 0 saturated carbocycles. The smallest absolute Gasteiger partial charge is 0.330 e. The topological polar surface area (TPSA) is 37.3 Å². The number of aliphatic carboxylic acids is 1. The molecule has 1 aromatic rings. The average Bonchev–Trinajstić information content (AvgIpc) is 2.37. The first-order chi connectivity index (χ1) is 8.47. The first-order valence-corrected chi connectivity index (χ1v) is 6.05. The van der Waals surface area contributed by atoms with Crippen LogP contribution in [0.25, 0.3) is 6.08 Å². The zero-order valence-electron chi connectivity index (χ0n) is 11.4. The summed E-state index contributed by atoms with van der Waals surface area (Å²) in [6, 6.07) is 10.0. The SMILES string of the molecule is C/C(=C\CC(C)C)C(=O)O.C=Cc1ccccc1. The minimum absolute atomic E-state index is 0.439. The third kappa shape index (κ3) is 8.34. The van der Waals surface area contributed by atoms with Gasteiger partial charge >= 0.3 is 5.97 Å². The second-order valence-electron chi connectivity index (χ2n) is 4.44. The van der Waals surface area contributed by atoms with E-state index in [1.165, 1.54) is 5.56 Å². The highest BCUT2D eigenvalue weighted by Crippen LogP contribution is 2.03. The number of carboxylic acid groups (broad SMARTS) is 1. The number of carbonyl (C=O) groups is 1. The van der Waals surface area contributed by atoms with Crippen molar-refractivity contribution >= 4 is 12.0 Å². The number of hydrogen-bond donors (Lipinski definition) is 1. The Morgan fingerprint density at radius 2 is 1.89 bits per heavy atom. The molecular formula is C16H22O2.